The molecule has 3 amide bonds. The van der Waals surface area contributed by atoms with Crippen LogP contribution in [0.4, 0.5) is 11.4 Å². The molecule has 8 heteroatoms. The predicted molar refractivity (Wildman–Crippen MR) is 106 cm³/mol. The summed E-state index contributed by atoms with van der Waals surface area (Å²) in [6, 6.07) is 14.0. The number of hydrogen-bond donors (Lipinski definition) is 2. The molecule has 0 aliphatic carbocycles. The highest BCUT2D eigenvalue weighted by atomic mass is 16.5. The zero-order valence-electron chi connectivity index (χ0n) is 15.5. The Kier molecular flexibility index (Phi) is 5.30. The normalized spacial score (nSPS) is 14.9. The molecule has 144 valence electrons. The van der Waals surface area contributed by atoms with Crippen LogP contribution in [0.25, 0.3) is 6.08 Å². The first-order chi connectivity index (χ1) is 13.4. The van der Waals surface area contributed by atoms with Crippen molar-refractivity contribution < 1.29 is 19.1 Å². The molecule has 1 fully saturated rings. The highest BCUT2D eigenvalue weighted by Crippen LogP contribution is 2.29. The molecule has 0 aromatic heterocycles. The summed E-state index contributed by atoms with van der Waals surface area (Å²) in [4.78, 5) is 38.0. The van der Waals surface area contributed by atoms with Gasteiger partial charge in [0, 0.05) is 31.4 Å². The molecule has 0 radical (unpaired) electrons. The highest BCUT2D eigenvalue weighted by molar-refractivity contribution is 6.31. The Morgan fingerprint density at radius 3 is 2.54 bits per heavy atom. The van der Waals surface area contributed by atoms with Crippen molar-refractivity contribution in [2.75, 3.05) is 30.6 Å². The standard InChI is InChI=1S/C20H20N4O4/c1-23(2)15-9-8-13(17(11-15)28-12-18(21)25)10-16-19(26)22-24(20(16)27)14-6-4-3-5-7-14/h3-11H,12H2,1-2H3,(H2,21,25)(H,22,26). The van der Waals surface area contributed by atoms with Crippen LogP contribution in [0, 0.1) is 0 Å². The van der Waals surface area contributed by atoms with Crippen LogP contribution in [0.15, 0.2) is 54.1 Å². The van der Waals surface area contributed by atoms with Gasteiger partial charge in [-0.25, -0.2) is 5.01 Å². The Bertz CT molecular complexity index is 954. The highest BCUT2D eigenvalue weighted by Gasteiger charge is 2.34. The average molecular weight is 380 g/mol. The number of carbonyl (C=O) groups is 3. The lowest BCUT2D eigenvalue weighted by atomic mass is 10.1. The van der Waals surface area contributed by atoms with Gasteiger partial charge in [-0.3, -0.25) is 19.8 Å². The van der Waals surface area contributed by atoms with Gasteiger partial charge >= 0.3 is 0 Å². The molecule has 0 saturated carbocycles. The maximum absolute atomic E-state index is 12.7. The van der Waals surface area contributed by atoms with E-state index in [1.54, 1.807) is 36.4 Å². The van der Waals surface area contributed by atoms with Gasteiger partial charge in [0.15, 0.2) is 6.61 Å². The third kappa shape index (κ3) is 3.96. The second-order valence-electron chi connectivity index (χ2n) is 6.35. The Balaban J connectivity index is 1.96. The van der Waals surface area contributed by atoms with Crippen LogP contribution in [0.1, 0.15) is 5.56 Å². The number of carbonyl (C=O) groups excluding carboxylic acids is 3. The zero-order valence-corrected chi connectivity index (χ0v) is 15.5. The molecule has 1 saturated heterocycles. The fourth-order valence-corrected chi connectivity index (χ4v) is 2.67. The second kappa shape index (κ2) is 7.83. The van der Waals surface area contributed by atoms with Crippen LogP contribution in [-0.4, -0.2) is 38.4 Å². The molecular weight excluding hydrogens is 360 g/mol. The summed E-state index contributed by atoms with van der Waals surface area (Å²) in [6.45, 7) is -0.316. The summed E-state index contributed by atoms with van der Waals surface area (Å²) in [5, 5.41) is 1.19. The van der Waals surface area contributed by atoms with Gasteiger partial charge in [-0.05, 0) is 30.3 Å². The molecule has 28 heavy (non-hydrogen) atoms. The SMILES string of the molecule is CN(C)c1ccc(C=C2C(=O)NN(c3ccccc3)C2=O)c(OCC(N)=O)c1. The first-order valence-corrected chi connectivity index (χ1v) is 8.51. The van der Waals surface area contributed by atoms with E-state index in [4.69, 9.17) is 10.5 Å². The molecular formula is C20H20N4O4. The Morgan fingerprint density at radius 2 is 1.89 bits per heavy atom. The molecule has 2 aromatic rings. The Labute approximate surface area is 162 Å². The van der Waals surface area contributed by atoms with E-state index in [1.807, 2.05) is 31.1 Å². The van der Waals surface area contributed by atoms with E-state index in [1.165, 1.54) is 11.1 Å². The number of primary amides is 1. The minimum atomic E-state index is -0.626. The van der Waals surface area contributed by atoms with Crippen LogP contribution in [0.2, 0.25) is 0 Å². The van der Waals surface area contributed by atoms with E-state index in [-0.39, 0.29) is 12.2 Å². The van der Waals surface area contributed by atoms with E-state index >= 15 is 0 Å². The molecule has 0 unspecified atom stereocenters. The van der Waals surface area contributed by atoms with E-state index in [9.17, 15) is 14.4 Å². The van der Waals surface area contributed by atoms with Crippen molar-refractivity contribution in [2.45, 2.75) is 0 Å². The maximum atomic E-state index is 12.7. The molecule has 0 bridgehead atoms. The smallest absolute Gasteiger partial charge is 0.282 e. The lowest BCUT2D eigenvalue weighted by molar-refractivity contribution is -0.120. The third-order valence-corrected chi connectivity index (χ3v) is 4.09. The lowest BCUT2D eigenvalue weighted by Crippen LogP contribution is -2.35. The number of hydrogen-bond acceptors (Lipinski definition) is 5. The number of nitrogens with two attached hydrogens (primary N) is 1. The van der Waals surface area contributed by atoms with Gasteiger partial charge in [-0.1, -0.05) is 18.2 Å². The van der Waals surface area contributed by atoms with Gasteiger partial charge in [0.25, 0.3) is 17.7 Å². The van der Waals surface area contributed by atoms with Crippen LogP contribution < -0.4 is 25.8 Å². The predicted octanol–water partition coefficient (Wildman–Crippen LogP) is 1.08. The maximum Gasteiger partial charge on any atom is 0.282 e. The van der Waals surface area contributed by atoms with E-state index in [0.717, 1.165) is 5.69 Å². The zero-order chi connectivity index (χ0) is 20.3. The summed E-state index contributed by atoms with van der Waals surface area (Å²) in [7, 11) is 3.72. The van der Waals surface area contributed by atoms with Crippen LogP contribution in [0.5, 0.6) is 5.75 Å². The van der Waals surface area contributed by atoms with E-state index in [0.29, 0.717) is 17.0 Å². The topological polar surface area (TPSA) is 105 Å². The summed E-state index contributed by atoms with van der Waals surface area (Å²) < 4.78 is 5.48. The van der Waals surface area contributed by atoms with Gasteiger partial charge in [0.2, 0.25) is 0 Å². The van der Waals surface area contributed by atoms with Gasteiger partial charge < -0.3 is 15.4 Å². The lowest BCUT2D eigenvalue weighted by Gasteiger charge is -2.16. The van der Waals surface area contributed by atoms with Gasteiger partial charge in [-0.2, -0.15) is 0 Å². The molecule has 3 N–H and O–H groups in total. The average Bonchev–Trinajstić information content (AvgIpc) is 2.95. The minimum absolute atomic E-state index is 0.0367. The monoisotopic (exact) mass is 380 g/mol. The quantitative estimate of drug-likeness (QED) is 0.576. The van der Waals surface area contributed by atoms with Crippen molar-refractivity contribution in [3.8, 4) is 5.75 Å². The van der Waals surface area contributed by atoms with Crippen LogP contribution >= 0.6 is 0 Å². The van der Waals surface area contributed by atoms with Gasteiger partial charge in [0.05, 0.1) is 5.69 Å². The fourth-order valence-electron chi connectivity index (χ4n) is 2.67. The Hall–Kier alpha value is -3.81. The molecule has 8 nitrogen and oxygen atoms in total. The first-order valence-electron chi connectivity index (χ1n) is 8.51. The Morgan fingerprint density at radius 1 is 1.18 bits per heavy atom. The van der Waals surface area contributed by atoms with Crippen molar-refractivity contribution in [2.24, 2.45) is 5.73 Å². The molecule has 3 rings (SSSR count). The first kappa shape index (κ1) is 19.0. The third-order valence-electron chi connectivity index (χ3n) is 4.09. The molecule has 1 aliphatic heterocycles. The minimum Gasteiger partial charge on any atom is -0.483 e. The summed E-state index contributed by atoms with van der Waals surface area (Å²) in [5.41, 5.74) is 9.54. The van der Waals surface area contributed by atoms with Crippen molar-refractivity contribution in [3.63, 3.8) is 0 Å². The van der Waals surface area contributed by atoms with Crippen molar-refractivity contribution >= 4 is 35.2 Å². The molecule has 2 aromatic carbocycles. The number of hydrazine groups is 1. The largest absolute Gasteiger partial charge is 0.483 e. The molecule has 0 spiro atoms. The molecule has 0 atom stereocenters. The van der Waals surface area contributed by atoms with E-state index in [2.05, 4.69) is 5.43 Å². The van der Waals surface area contributed by atoms with Crippen LogP contribution in [0.3, 0.4) is 0 Å². The van der Waals surface area contributed by atoms with Crippen molar-refractivity contribution in [1.29, 1.82) is 0 Å². The number of anilines is 2. The van der Waals surface area contributed by atoms with Gasteiger partial charge in [0.1, 0.15) is 11.3 Å². The van der Waals surface area contributed by atoms with Crippen LogP contribution in [-0.2, 0) is 14.4 Å². The second-order valence-corrected chi connectivity index (χ2v) is 6.35. The number of nitrogens with zero attached hydrogens (tertiary/aromatic N) is 2. The molecule has 1 aliphatic rings. The van der Waals surface area contributed by atoms with Gasteiger partial charge in [-0.15, -0.1) is 0 Å². The number of benzene rings is 2. The summed E-state index contributed by atoms with van der Waals surface area (Å²) in [6.07, 6.45) is 1.44. The number of amides is 3. The number of rotatable bonds is 6. The van der Waals surface area contributed by atoms with Crippen molar-refractivity contribution in [3.05, 3.63) is 59.7 Å². The fraction of sp³-hybridized carbons (Fsp3) is 0.150. The summed E-state index contributed by atoms with van der Waals surface area (Å²) in [5.74, 6) is -1.28. The number of para-hydroxylation sites is 1. The number of ether oxygens (including phenoxy) is 1. The van der Waals surface area contributed by atoms with E-state index < -0.39 is 17.7 Å². The summed E-state index contributed by atoms with van der Waals surface area (Å²) >= 11 is 0. The number of nitrogens with one attached hydrogen (secondary N) is 1. The molecule has 1 heterocycles. The van der Waals surface area contributed by atoms with Crippen molar-refractivity contribution in [1.82, 2.24) is 5.43 Å².